The molecule has 0 N–H and O–H groups in total. The first-order valence-corrected chi connectivity index (χ1v) is 8.17. The second kappa shape index (κ2) is 7.19. The highest BCUT2D eigenvalue weighted by Gasteiger charge is 2.19. The van der Waals surface area contributed by atoms with Crippen LogP contribution in [-0.4, -0.2) is 13.1 Å². The maximum Gasteiger partial charge on any atom is 0.338 e. The first-order valence-electron chi connectivity index (χ1n) is 7.37. The number of halogens is 3. The van der Waals surface area contributed by atoms with Crippen LogP contribution in [0.5, 0.6) is 5.75 Å². The van der Waals surface area contributed by atoms with Crippen LogP contribution >= 0.6 is 15.9 Å². The molecular weight excluding hydrogens is 394 g/mol. The molecule has 128 valence electrons. The Bertz CT molecular complexity index is 943. The van der Waals surface area contributed by atoms with E-state index in [4.69, 9.17) is 9.47 Å². The molecule has 0 aliphatic carbocycles. The number of fused-ring (bicyclic) bond motifs is 1. The molecule has 0 bridgehead atoms. The van der Waals surface area contributed by atoms with E-state index in [2.05, 4.69) is 15.9 Å². The number of carbonyl (C=O) groups is 1. The van der Waals surface area contributed by atoms with E-state index >= 15 is 0 Å². The molecule has 0 amide bonds. The largest absolute Gasteiger partial charge is 0.488 e. The van der Waals surface area contributed by atoms with E-state index < -0.39 is 17.6 Å². The number of hydrogen-bond acceptors (Lipinski definition) is 3. The highest BCUT2D eigenvalue weighted by atomic mass is 79.9. The van der Waals surface area contributed by atoms with Crippen LogP contribution in [0.3, 0.4) is 0 Å². The van der Waals surface area contributed by atoms with Crippen LogP contribution in [-0.2, 0) is 11.3 Å². The third-order valence-corrected chi connectivity index (χ3v) is 4.36. The lowest BCUT2D eigenvalue weighted by atomic mass is 10.0. The molecule has 0 aliphatic rings. The molecule has 3 aromatic carbocycles. The summed E-state index contributed by atoms with van der Waals surface area (Å²) in [6.07, 6.45) is 0. The van der Waals surface area contributed by atoms with Gasteiger partial charge in [0.05, 0.1) is 18.1 Å². The Morgan fingerprint density at radius 1 is 1.12 bits per heavy atom. The molecule has 6 heteroatoms. The molecule has 0 aliphatic heterocycles. The zero-order valence-electron chi connectivity index (χ0n) is 13.2. The quantitative estimate of drug-likeness (QED) is 0.438. The number of rotatable bonds is 4. The summed E-state index contributed by atoms with van der Waals surface area (Å²) < 4.78 is 38.9. The highest BCUT2D eigenvalue weighted by Crippen LogP contribution is 2.36. The van der Waals surface area contributed by atoms with Crippen molar-refractivity contribution in [1.29, 1.82) is 0 Å². The minimum absolute atomic E-state index is 0.0320. The number of methoxy groups -OCH3 is 1. The van der Waals surface area contributed by atoms with E-state index in [-0.39, 0.29) is 23.3 Å². The SMILES string of the molecule is COC(=O)c1cc(OCc2ccccc2)c2c(F)c(F)cc(Br)c2c1. The van der Waals surface area contributed by atoms with Gasteiger partial charge in [-0.05, 0) is 23.8 Å². The standard InChI is InChI=1S/C19H13BrF2O3/c1-24-19(23)12-7-13-14(20)9-15(21)18(22)17(13)16(8-12)25-10-11-5-3-2-4-6-11/h2-9H,10H2,1H3. The Hall–Kier alpha value is -2.47. The smallest absolute Gasteiger partial charge is 0.338 e. The fourth-order valence-corrected chi connectivity index (χ4v) is 3.00. The monoisotopic (exact) mass is 406 g/mol. The van der Waals surface area contributed by atoms with E-state index in [0.29, 0.717) is 9.86 Å². The van der Waals surface area contributed by atoms with Gasteiger partial charge < -0.3 is 9.47 Å². The zero-order valence-corrected chi connectivity index (χ0v) is 14.8. The predicted octanol–water partition coefficient (Wildman–Crippen LogP) is 5.25. The molecule has 0 aromatic heterocycles. The fourth-order valence-electron chi connectivity index (χ4n) is 2.49. The van der Waals surface area contributed by atoms with Gasteiger partial charge in [0, 0.05) is 9.86 Å². The highest BCUT2D eigenvalue weighted by molar-refractivity contribution is 9.10. The summed E-state index contributed by atoms with van der Waals surface area (Å²) >= 11 is 3.20. The van der Waals surface area contributed by atoms with Gasteiger partial charge in [0.25, 0.3) is 0 Å². The topological polar surface area (TPSA) is 35.5 Å². The number of carbonyl (C=O) groups excluding carboxylic acids is 1. The summed E-state index contributed by atoms with van der Waals surface area (Å²) in [5.41, 5.74) is 1.04. The van der Waals surface area contributed by atoms with Crippen LogP contribution in [0.25, 0.3) is 10.8 Å². The van der Waals surface area contributed by atoms with Crippen molar-refractivity contribution in [2.24, 2.45) is 0 Å². The summed E-state index contributed by atoms with van der Waals surface area (Å²) in [6.45, 7) is 0.147. The van der Waals surface area contributed by atoms with Crippen molar-refractivity contribution in [1.82, 2.24) is 0 Å². The lowest BCUT2D eigenvalue weighted by Crippen LogP contribution is -2.04. The summed E-state index contributed by atoms with van der Waals surface area (Å²) in [7, 11) is 1.25. The third kappa shape index (κ3) is 3.49. The van der Waals surface area contributed by atoms with E-state index in [1.807, 2.05) is 30.3 Å². The molecule has 0 fully saturated rings. The minimum atomic E-state index is -1.03. The van der Waals surface area contributed by atoms with Gasteiger partial charge in [-0.15, -0.1) is 0 Å². The van der Waals surface area contributed by atoms with Gasteiger partial charge in [0.15, 0.2) is 11.6 Å². The third-order valence-electron chi connectivity index (χ3n) is 3.70. The van der Waals surface area contributed by atoms with Crippen molar-refractivity contribution in [3.05, 3.63) is 75.8 Å². The van der Waals surface area contributed by atoms with Crippen LogP contribution in [0.1, 0.15) is 15.9 Å². The fraction of sp³-hybridized carbons (Fsp3) is 0.105. The van der Waals surface area contributed by atoms with Gasteiger partial charge in [-0.2, -0.15) is 0 Å². The van der Waals surface area contributed by atoms with Gasteiger partial charge in [0.2, 0.25) is 0 Å². The number of benzene rings is 3. The van der Waals surface area contributed by atoms with Gasteiger partial charge in [-0.1, -0.05) is 46.3 Å². The van der Waals surface area contributed by atoms with Crippen LogP contribution < -0.4 is 4.74 Å². The van der Waals surface area contributed by atoms with Crippen molar-refractivity contribution in [3.63, 3.8) is 0 Å². The molecule has 0 heterocycles. The molecule has 0 spiro atoms. The average Bonchev–Trinajstić information content (AvgIpc) is 2.64. The number of ether oxygens (including phenoxy) is 2. The van der Waals surface area contributed by atoms with Gasteiger partial charge in [-0.3, -0.25) is 0 Å². The Morgan fingerprint density at radius 3 is 2.52 bits per heavy atom. The predicted molar refractivity (Wildman–Crippen MR) is 93.7 cm³/mol. The maximum absolute atomic E-state index is 14.4. The lowest BCUT2D eigenvalue weighted by molar-refractivity contribution is 0.0600. The molecule has 0 unspecified atom stereocenters. The van der Waals surface area contributed by atoms with Crippen LogP contribution in [0.4, 0.5) is 8.78 Å². The first kappa shape index (κ1) is 17.4. The molecule has 0 saturated heterocycles. The summed E-state index contributed by atoms with van der Waals surface area (Å²) in [5, 5.41) is 0.292. The van der Waals surface area contributed by atoms with Crippen molar-refractivity contribution in [3.8, 4) is 5.75 Å². The van der Waals surface area contributed by atoms with Crippen LogP contribution in [0.2, 0.25) is 0 Å². The molecular formula is C19H13BrF2O3. The normalized spacial score (nSPS) is 10.7. The Morgan fingerprint density at radius 2 is 1.84 bits per heavy atom. The Balaban J connectivity index is 2.14. The summed E-state index contributed by atoms with van der Waals surface area (Å²) in [6, 6.07) is 13.0. The van der Waals surface area contributed by atoms with Crippen LogP contribution in [0.15, 0.2) is 53.0 Å². The van der Waals surface area contributed by atoms with Crippen molar-refractivity contribution >= 4 is 32.7 Å². The van der Waals surface area contributed by atoms with Gasteiger partial charge in [0.1, 0.15) is 12.4 Å². The van der Waals surface area contributed by atoms with Crippen LogP contribution in [0, 0.1) is 11.6 Å². The van der Waals surface area contributed by atoms with Crippen molar-refractivity contribution < 1.29 is 23.0 Å². The van der Waals surface area contributed by atoms with E-state index in [0.717, 1.165) is 11.6 Å². The van der Waals surface area contributed by atoms with Gasteiger partial charge in [-0.25, -0.2) is 13.6 Å². The molecule has 0 radical (unpaired) electrons. The Kier molecular flexibility index (Phi) is 4.99. The Labute approximate surface area is 151 Å². The number of hydrogen-bond donors (Lipinski definition) is 0. The maximum atomic E-state index is 14.4. The average molecular weight is 407 g/mol. The summed E-state index contributed by atoms with van der Waals surface area (Å²) in [5.74, 6) is -2.56. The molecule has 25 heavy (non-hydrogen) atoms. The van der Waals surface area contributed by atoms with E-state index in [9.17, 15) is 13.6 Å². The molecule has 3 nitrogen and oxygen atoms in total. The molecule has 0 atom stereocenters. The van der Waals surface area contributed by atoms with Crippen molar-refractivity contribution in [2.75, 3.05) is 7.11 Å². The zero-order chi connectivity index (χ0) is 18.0. The minimum Gasteiger partial charge on any atom is -0.488 e. The van der Waals surface area contributed by atoms with E-state index in [1.165, 1.54) is 19.2 Å². The van der Waals surface area contributed by atoms with Gasteiger partial charge >= 0.3 is 5.97 Å². The lowest BCUT2D eigenvalue weighted by Gasteiger charge is -2.13. The van der Waals surface area contributed by atoms with Crippen molar-refractivity contribution in [2.45, 2.75) is 6.61 Å². The second-order valence-corrected chi connectivity index (χ2v) is 6.17. The number of esters is 1. The summed E-state index contributed by atoms with van der Waals surface area (Å²) in [4.78, 5) is 11.9. The second-order valence-electron chi connectivity index (χ2n) is 5.32. The molecule has 3 aromatic rings. The molecule has 0 saturated carbocycles. The molecule has 3 rings (SSSR count). The van der Waals surface area contributed by atoms with E-state index in [1.54, 1.807) is 0 Å². The first-order chi connectivity index (χ1) is 12.0.